The van der Waals surface area contributed by atoms with Crippen LogP contribution in [0.3, 0.4) is 0 Å². The summed E-state index contributed by atoms with van der Waals surface area (Å²) in [6, 6.07) is 0.214. The van der Waals surface area contributed by atoms with Gasteiger partial charge in [-0.15, -0.1) is 0 Å². The van der Waals surface area contributed by atoms with Crippen molar-refractivity contribution in [2.45, 2.75) is 57.7 Å². The van der Waals surface area contributed by atoms with E-state index in [9.17, 15) is 4.79 Å². The Balaban J connectivity index is 2.41. The van der Waals surface area contributed by atoms with Crippen molar-refractivity contribution < 1.29 is 19.0 Å². The van der Waals surface area contributed by atoms with Gasteiger partial charge in [0.15, 0.2) is 0 Å². The zero-order valence-corrected chi connectivity index (χ0v) is 15.6. The van der Waals surface area contributed by atoms with Crippen LogP contribution < -0.4 is 0 Å². The first-order chi connectivity index (χ1) is 10.8. The summed E-state index contributed by atoms with van der Waals surface area (Å²) in [6.07, 6.45) is 2.73. The Morgan fingerprint density at radius 1 is 1.26 bits per heavy atom. The van der Waals surface area contributed by atoms with Crippen molar-refractivity contribution in [2.75, 3.05) is 47.6 Å². The van der Waals surface area contributed by atoms with E-state index in [4.69, 9.17) is 14.2 Å². The molecule has 0 spiro atoms. The third-order valence-electron chi connectivity index (χ3n) is 4.37. The number of likely N-dealkylation sites (tertiary alicyclic amines) is 1. The van der Waals surface area contributed by atoms with Crippen LogP contribution in [0.5, 0.6) is 0 Å². The maximum Gasteiger partial charge on any atom is 0.409 e. The van der Waals surface area contributed by atoms with Crippen molar-refractivity contribution in [1.29, 1.82) is 0 Å². The molecule has 1 saturated heterocycles. The van der Waals surface area contributed by atoms with Gasteiger partial charge in [-0.1, -0.05) is 0 Å². The van der Waals surface area contributed by atoms with Crippen LogP contribution in [0.25, 0.3) is 0 Å². The van der Waals surface area contributed by atoms with Crippen LogP contribution in [0.2, 0.25) is 0 Å². The standard InChI is InChI=1S/C17H34N2O4/c1-17(2,3)19-12-15(22-6)11-14(19)13-23-16(20)18(4)9-7-8-10-21-5/h14-15H,7-13H2,1-6H3. The molecule has 136 valence electrons. The largest absolute Gasteiger partial charge is 0.448 e. The van der Waals surface area contributed by atoms with E-state index in [1.54, 1.807) is 26.2 Å². The summed E-state index contributed by atoms with van der Waals surface area (Å²) >= 11 is 0. The molecule has 0 saturated carbocycles. The monoisotopic (exact) mass is 330 g/mol. The number of carbonyl (C=O) groups excluding carboxylic acids is 1. The Morgan fingerprint density at radius 3 is 2.52 bits per heavy atom. The summed E-state index contributed by atoms with van der Waals surface area (Å²) in [4.78, 5) is 16.1. The molecule has 0 aromatic heterocycles. The molecule has 1 heterocycles. The number of unbranched alkanes of at least 4 members (excludes halogenated alkanes) is 1. The van der Waals surface area contributed by atoms with Crippen molar-refractivity contribution in [2.24, 2.45) is 0 Å². The van der Waals surface area contributed by atoms with Gasteiger partial charge in [-0.2, -0.15) is 0 Å². The van der Waals surface area contributed by atoms with Gasteiger partial charge in [0.1, 0.15) is 6.61 Å². The van der Waals surface area contributed by atoms with Crippen LogP contribution in [0.1, 0.15) is 40.0 Å². The molecule has 2 atom stereocenters. The number of ether oxygens (including phenoxy) is 3. The molecule has 1 amide bonds. The molecule has 1 fully saturated rings. The molecule has 1 aliphatic rings. The average Bonchev–Trinajstić information content (AvgIpc) is 2.92. The Labute approximate surface area is 141 Å². The lowest BCUT2D eigenvalue weighted by Crippen LogP contribution is -2.47. The highest BCUT2D eigenvalue weighted by Crippen LogP contribution is 2.28. The lowest BCUT2D eigenvalue weighted by Gasteiger charge is -2.36. The van der Waals surface area contributed by atoms with Crippen LogP contribution >= 0.6 is 0 Å². The fourth-order valence-electron chi connectivity index (χ4n) is 2.99. The lowest BCUT2D eigenvalue weighted by molar-refractivity contribution is 0.0474. The number of rotatable bonds is 8. The molecule has 0 aromatic rings. The first kappa shape index (κ1) is 20.2. The van der Waals surface area contributed by atoms with E-state index in [2.05, 4.69) is 25.7 Å². The second-order valence-electron chi connectivity index (χ2n) is 7.27. The first-order valence-corrected chi connectivity index (χ1v) is 8.46. The third-order valence-corrected chi connectivity index (χ3v) is 4.37. The van der Waals surface area contributed by atoms with Crippen LogP contribution in [-0.4, -0.2) is 81.1 Å². The van der Waals surface area contributed by atoms with Gasteiger partial charge in [0.05, 0.1) is 6.10 Å². The van der Waals surface area contributed by atoms with Gasteiger partial charge in [0.2, 0.25) is 0 Å². The summed E-state index contributed by atoms with van der Waals surface area (Å²) in [6.45, 7) is 9.26. The number of nitrogens with zero attached hydrogens (tertiary/aromatic N) is 2. The smallest absolute Gasteiger partial charge is 0.409 e. The summed E-state index contributed by atoms with van der Waals surface area (Å²) in [5.41, 5.74) is 0.0381. The lowest BCUT2D eigenvalue weighted by atomic mass is 10.1. The third kappa shape index (κ3) is 6.65. The van der Waals surface area contributed by atoms with Gasteiger partial charge in [0.25, 0.3) is 0 Å². The normalized spacial score (nSPS) is 22.3. The molecule has 1 aliphatic heterocycles. The number of amides is 1. The minimum absolute atomic E-state index is 0.0381. The van der Waals surface area contributed by atoms with E-state index in [0.717, 1.165) is 32.4 Å². The van der Waals surface area contributed by atoms with Gasteiger partial charge in [0, 0.05) is 52.5 Å². The highest BCUT2D eigenvalue weighted by Gasteiger charge is 2.39. The van der Waals surface area contributed by atoms with Gasteiger partial charge < -0.3 is 19.1 Å². The van der Waals surface area contributed by atoms with Crippen molar-refractivity contribution >= 4 is 6.09 Å². The van der Waals surface area contributed by atoms with E-state index in [0.29, 0.717) is 13.2 Å². The summed E-state index contributed by atoms with van der Waals surface area (Å²) in [5, 5.41) is 0. The minimum Gasteiger partial charge on any atom is -0.448 e. The molecule has 0 radical (unpaired) electrons. The maximum absolute atomic E-state index is 12.1. The van der Waals surface area contributed by atoms with Crippen molar-refractivity contribution in [3.63, 3.8) is 0 Å². The summed E-state index contributed by atoms with van der Waals surface area (Å²) in [7, 11) is 5.21. The van der Waals surface area contributed by atoms with Gasteiger partial charge in [-0.3, -0.25) is 4.90 Å². The van der Waals surface area contributed by atoms with Gasteiger partial charge >= 0.3 is 6.09 Å². The predicted octanol–water partition coefficient (Wildman–Crippen LogP) is 2.37. The van der Waals surface area contributed by atoms with Crippen LogP contribution in [0.15, 0.2) is 0 Å². The van der Waals surface area contributed by atoms with Crippen LogP contribution in [0, 0.1) is 0 Å². The van der Waals surface area contributed by atoms with E-state index in [1.807, 2.05) is 0 Å². The number of hydrogen-bond acceptors (Lipinski definition) is 5. The zero-order chi connectivity index (χ0) is 17.5. The molecular formula is C17H34N2O4. The van der Waals surface area contributed by atoms with Crippen LogP contribution in [-0.2, 0) is 14.2 Å². The van der Waals surface area contributed by atoms with Crippen molar-refractivity contribution in [3.8, 4) is 0 Å². The highest BCUT2D eigenvalue weighted by atomic mass is 16.6. The second kappa shape index (κ2) is 9.45. The molecule has 0 aromatic carbocycles. The van der Waals surface area contributed by atoms with Gasteiger partial charge in [-0.25, -0.2) is 4.79 Å². The molecule has 2 unspecified atom stereocenters. The SMILES string of the molecule is COCCCCN(C)C(=O)OCC1CC(OC)CN1C(C)(C)C. The van der Waals surface area contributed by atoms with E-state index in [-0.39, 0.29) is 23.8 Å². The fourth-order valence-corrected chi connectivity index (χ4v) is 2.99. The van der Waals surface area contributed by atoms with E-state index < -0.39 is 0 Å². The zero-order valence-electron chi connectivity index (χ0n) is 15.6. The summed E-state index contributed by atoms with van der Waals surface area (Å²) < 4.78 is 16.0. The topological polar surface area (TPSA) is 51.2 Å². The minimum atomic E-state index is -0.253. The molecule has 0 aliphatic carbocycles. The fraction of sp³-hybridized carbons (Fsp3) is 0.941. The summed E-state index contributed by atoms with van der Waals surface area (Å²) in [5.74, 6) is 0. The van der Waals surface area contributed by atoms with Crippen molar-refractivity contribution in [1.82, 2.24) is 9.80 Å². The number of carbonyl (C=O) groups is 1. The van der Waals surface area contributed by atoms with Crippen LogP contribution in [0.4, 0.5) is 4.79 Å². The molecule has 6 heteroatoms. The molecule has 0 N–H and O–H groups in total. The number of methoxy groups -OCH3 is 2. The maximum atomic E-state index is 12.1. The Bertz CT molecular complexity index is 357. The molecular weight excluding hydrogens is 296 g/mol. The van der Waals surface area contributed by atoms with E-state index >= 15 is 0 Å². The second-order valence-corrected chi connectivity index (χ2v) is 7.27. The number of hydrogen-bond donors (Lipinski definition) is 0. The Hall–Kier alpha value is -0.850. The Kier molecular flexibility index (Phi) is 8.29. The van der Waals surface area contributed by atoms with E-state index in [1.165, 1.54) is 0 Å². The van der Waals surface area contributed by atoms with Gasteiger partial charge in [-0.05, 0) is 40.0 Å². The van der Waals surface area contributed by atoms with Crippen molar-refractivity contribution in [3.05, 3.63) is 0 Å². The predicted molar refractivity (Wildman–Crippen MR) is 90.7 cm³/mol. The highest BCUT2D eigenvalue weighted by molar-refractivity contribution is 5.67. The molecule has 6 nitrogen and oxygen atoms in total. The quantitative estimate of drug-likeness (QED) is 0.640. The molecule has 1 rings (SSSR count). The average molecular weight is 330 g/mol. The first-order valence-electron chi connectivity index (χ1n) is 8.46. The Morgan fingerprint density at radius 2 is 1.96 bits per heavy atom. The molecule has 0 bridgehead atoms. The molecule has 23 heavy (non-hydrogen) atoms.